The lowest BCUT2D eigenvalue weighted by Crippen LogP contribution is -2.10. The van der Waals surface area contributed by atoms with Gasteiger partial charge in [-0.05, 0) is 50.9 Å². The number of aliphatic imine (C=N–C) groups is 1. The monoisotopic (exact) mass is 367 g/mol. The Labute approximate surface area is 160 Å². The van der Waals surface area contributed by atoms with E-state index in [9.17, 15) is 5.11 Å². The van der Waals surface area contributed by atoms with E-state index in [0.717, 1.165) is 44.4 Å². The first-order valence-corrected chi connectivity index (χ1v) is 10.9. The third kappa shape index (κ3) is 11.7. The standard InChI is InChI=1S/C22H41NO3/c1-2-3-4-5-6-7-8-9-10-11-12-14-20(17-24)15-13-16-22-23-21(18-25)19-26-22/h9-10,20-21,24-25H,2-8,11-19H2,1H3. The molecule has 152 valence electrons. The molecule has 0 saturated carbocycles. The van der Waals surface area contributed by atoms with Crippen LogP contribution in [0.15, 0.2) is 17.1 Å². The van der Waals surface area contributed by atoms with E-state index in [1.54, 1.807) is 0 Å². The van der Waals surface area contributed by atoms with Crippen LogP contribution in [0.25, 0.3) is 0 Å². The predicted octanol–water partition coefficient (Wildman–Crippen LogP) is 5.03. The van der Waals surface area contributed by atoms with Gasteiger partial charge in [0, 0.05) is 13.0 Å². The van der Waals surface area contributed by atoms with Crippen molar-refractivity contribution in [1.82, 2.24) is 0 Å². The molecule has 1 rings (SSSR count). The Morgan fingerprint density at radius 2 is 1.69 bits per heavy atom. The van der Waals surface area contributed by atoms with Gasteiger partial charge in [-0.15, -0.1) is 0 Å². The zero-order valence-electron chi connectivity index (χ0n) is 16.9. The summed E-state index contributed by atoms with van der Waals surface area (Å²) < 4.78 is 5.46. The summed E-state index contributed by atoms with van der Waals surface area (Å²) in [5, 5.41) is 18.6. The van der Waals surface area contributed by atoms with Crippen LogP contribution in [0.4, 0.5) is 0 Å². The highest BCUT2D eigenvalue weighted by molar-refractivity contribution is 5.77. The minimum Gasteiger partial charge on any atom is -0.479 e. The predicted molar refractivity (Wildman–Crippen MR) is 110 cm³/mol. The molecule has 2 N–H and O–H groups in total. The summed E-state index contributed by atoms with van der Waals surface area (Å²) in [6, 6.07) is -0.0678. The van der Waals surface area contributed by atoms with E-state index in [0.29, 0.717) is 12.5 Å². The van der Waals surface area contributed by atoms with E-state index in [2.05, 4.69) is 24.1 Å². The second-order valence-corrected chi connectivity index (χ2v) is 7.57. The second-order valence-electron chi connectivity index (χ2n) is 7.57. The maximum absolute atomic E-state index is 9.55. The smallest absolute Gasteiger partial charge is 0.183 e. The van der Waals surface area contributed by atoms with Crippen molar-refractivity contribution in [2.24, 2.45) is 10.9 Å². The van der Waals surface area contributed by atoms with E-state index >= 15 is 0 Å². The van der Waals surface area contributed by atoms with Crippen molar-refractivity contribution in [2.75, 3.05) is 19.8 Å². The molecule has 1 aliphatic heterocycles. The van der Waals surface area contributed by atoms with Gasteiger partial charge in [0.25, 0.3) is 0 Å². The molecule has 4 nitrogen and oxygen atoms in total. The van der Waals surface area contributed by atoms with Crippen molar-refractivity contribution in [3.8, 4) is 0 Å². The van der Waals surface area contributed by atoms with Gasteiger partial charge >= 0.3 is 0 Å². The first-order valence-electron chi connectivity index (χ1n) is 10.9. The van der Waals surface area contributed by atoms with E-state index in [4.69, 9.17) is 9.84 Å². The first-order chi connectivity index (χ1) is 12.8. The molecular weight excluding hydrogens is 326 g/mol. The van der Waals surface area contributed by atoms with Crippen LogP contribution >= 0.6 is 0 Å². The molecule has 26 heavy (non-hydrogen) atoms. The summed E-state index contributed by atoms with van der Waals surface area (Å²) in [4.78, 5) is 4.33. The molecule has 0 radical (unpaired) electrons. The van der Waals surface area contributed by atoms with Gasteiger partial charge in [0.1, 0.15) is 12.6 Å². The Balaban J connectivity index is 1.96. The average Bonchev–Trinajstić information content (AvgIpc) is 3.12. The Bertz CT molecular complexity index is 382. The van der Waals surface area contributed by atoms with Crippen LogP contribution in [0.3, 0.4) is 0 Å². The maximum atomic E-state index is 9.55. The van der Waals surface area contributed by atoms with Crippen LogP contribution in [0.5, 0.6) is 0 Å². The topological polar surface area (TPSA) is 62.1 Å². The summed E-state index contributed by atoms with van der Waals surface area (Å²) in [6.07, 6.45) is 20.2. The summed E-state index contributed by atoms with van der Waals surface area (Å²) in [5.74, 6) is 1.16. The number of allylic oxidation sites excluding steroid dienone is 2. The van der Waals surface area contributed by atoms with Crippen LogP contribution < -0.4 is 0 Å². The number of ether oxygens (including phenoxy) is 1. The Kier molecular flexibility index (Phi) is 14.5. The number of nitrogens with zero attached hydrogens (tertiary/aromatic N) is 1. The molecule has 0 aliphatic carbocycles. The highest BCUT2D eigenvalue weighted by Crippen LogP contribution is 2.18. The summed E-state index contributed by atoms with van der Waals surface area (Å²) in [5.41, 5.74) is 0. The fraction of sp³-hybridized carbons (Fsp3) is 0.864. The molecule has 2 unspecified atom stereocenters. The molecule has 0 spiro atoms. The molecule has 0 fully saturated rings. The van der Waals surface area contributed by atoms with Gasteiger partial charge in [0.2, 0.25) is 0 Å². The lowest BCUT2D eigenvalue weighted by molar-refractivity contribution is 0.205. The van der Waals surface area contributed by atoms with Crippen molar-refractivity contribution < 1.29 is 14.9 Å². The molecule has 2 atom stereocenters. The van der Waals surface area contributed by atoms with Crippen LogP contribution in [0, 0.1) is 5.92 Å². The highest BCUT2D eigenvalue weighted by Gasteiger charge is 2.17. The largest absolute Gasteiger partial charge is 0.479 e. The van der Waals surface area contributed by atoms with Gasteiger partial charge in [-0.2, -0.15) is 0 Å². The zero-order chi connectivity index (χ0) is 18.9. The normalized spacial score (nSPS) is 18.3. The van der Waals surface area contributed by atoms with E-state index in [-0.39, 0.29) is 19.3 Å². The lowest BCUT2D eigenvalue weighted by atomic mass is 9.96. The van der Waals surface area contributed by atoms with Crippen LogP contribution in [-0.2, 0) is 4.74 Å². The zero-order valence-corrected chi connectivity index (χ0v) is 16.9. The van der Waals surface area contributed by atoms with Gasteiger partial charge in [-0.1, -0.05) is 51.2 Å². The second kappa shape index (κ2) is 16.3. The Morgan fingerprint density at radius 1 is 1.00 bits per heavy atom. The van der Waals surface area contributed by atoms with Crippen LogP contribution in [0.1, 0.15) is 90.4 Å². The van der Waals surface area contributed by atoms with E-state index < -0.39 is 0 Å². The van der Waals surface area contributed by atoms with Crippen LogP contribution in [-0.4, -0.2) is 42.0 Å². The van der Waals surface area contributed by atoms with Crippen molar-refractivity contribution in [1.29, 1.82) is 0 Å². The molecule has 0 aromatic rings. The fourth-order valence-electron chi connectivity index (χ4n) is 3.37. The average molecular weight is 368 g/mol. The van der Waals surface area contributed by atoms with E-state index in [1.165, 1.54) is 44.9 Å². The molecule has 4 heteroatoms. The highest BCUT2D eigenvalue weighted by atomic mass is 16.5. The molecule has 0 bridgehead atoms. The molecule has 0 aromatic carbocycles. The number of aliphatic hydroxyl groups is 2. The van der Waals surface area contributed by atoms with Gasteiger partial charge in [-0.3, -0.25) is 0 Å². The summed E-state index contributed by atoms with van der Waals surface area (Å²) in [7, 11) is 0. The minimum atomic E-state index is -0.0678. The number of rotatable bonds is 17. The molecule has 1 heterocycles. The molecule has 0 aromatic heterocycles. The molecule has 0 amide bonds. The third-order valence-electron chi connectivity index (χ3n) is 5.12. The van der Waals surface area contributed by atoms with Gasteiger partial charge in [0.05, 0.1) is 6.61 Å². The summed E-state index contributed by atoms with van der Waals surface area (Å²) in [6.45, 7) is 3.11. The first kappa shape index (κ1) is 23.2. The lowest BCUT2D eigenvalue weighted by Gasteiger charge is -2.13. The summed E-state index contributed by atoms with van der Waals surface area (Å²) >= 11 is 0. The number of unbranched alkanes of at least 4 members (excludes halogenated alkanes) is 7. The number of aliphatic hydroxyl groups excluding tert-OH is 2. The van der Waals surface area contributed by atoms with Gasteiger partial charge in [0.15, 0.2) is 5.90 Å². The van der Waals surface area contributed by atoms with Gasteiger partial charge < -0.3 is 14.9 Å². The van der Waals surface area contributed by atoms with Crippen molar-refractivity contribution in [3.63, 3.8) is 0 Å². The van der Waals surface area contributed by atoms with Crippen molar-refractivity contribution >= 4 is 5.90 Å². The Hall–Kier alpha value is -0.870. The SMILES string of the molecule is CCCCCCCCC=CCCCC(CO)CCCC1=NC(CO)CO1. The van der Waals surface area contributed by atoms with Crippen molar-refractivity contribution in [2.45, 2.75) is 96.4 Å². The maximum Gasteiger partial charge on any atom is 0.183 e. The van der Waals surface area contributed by atoms with Crippen LogP contribution in [0.2, 0.25) is 0 Å². The van der Waals surface area contributed by atoms with E-state index in [1.807, 2.05) is 0 Å². The quantitative estimate of drug-likeness (QED) is 0.280. The number of hydrogen-bond donors (Lipinski definition) is 2. The number of hydrogen-bond acceptors (Lipinski definition) is 4. The third-order valence-corrected chi connectivity index (χ3v) is 5.12. The molecule has 0 saturated heterocycles. The molecular formula is C22H41NO3. The molecule has 1 aliphatic rings. The van der Waals surface area contributed by atoms with Crippen molar-refractivity contribution in [3.05, 3.63) is 12.2 Å². The van der Waals surface area contributed by atoms with Gasteiger partial charge in [-0.25, -0.2) is 4.99 Å². The minimum absolute atomic E-state index is 0.0646. The fourth-order valence-corrected chi connectivity index (χ4v) is 3.37. The Morgan fingerprint density at radius 3 is 2.38 bits per heavy atom.